The van der Waals surface area contributed by atoms with Gasteiger partial charge in [-0.3, -0.25) is 0 Å². The smallest absolute Gasteiger partial charge is 0.175 e. The molecule has 0 saturated heterocycles. The molecule has 0 bridgehead atoms. The molecule has 54 heavy (non-hydrogen) atoms. The standard InChI is InChI=1S/C51H38N2O/c1-51(2)43-32-29-40(37-19-10-5-11-20-37)34-47(43)53-46-25-14-24-45(50(46)54-48-26-13-23-44(51)49(48)53)52(41-30-27-38(28-31-41)35-15-6-3-7-16-35)42-22-12-21-39(33-42)36-17-8-4-9-18-36/h3-34H,1-2H3. The van der Waals surface area contributed by atoms with E-state index in [0.717, 1.165) is 45.5 Å². The largest absolute Gasteiger partial charge is 0.451 e. The summed E-state index contributed by atoms with van der Waals surface area (Å²) in [5, 5.41) is 0. The first-order valence-electron chi connectivity index (χ1n) is 18.6. The van der Waals surface area contributed by atoms with Crippen LogP contribution in [-0.2, 0) is 5.41 Å². The summed E-state index contributed by atoms with van der Waals surface area (Å²) in [6.45, 7) is 4.65. The molecule has 0 aliphatic carbocycles. The van der Waals surface area contributed by atoms with Gasteiger partial charge in [0.05, 0.1) is 22.7 Å². The van der Waals surface area contributed by atoms with Crippen molar-refractivity contribution >= 4 is 34.1 Å². The van der Waals surface area contributed by atoms with Gasteiger partial charge < -0.3 is 14.5 Å². The maximum atomic E-state index is 7.13. The van der Waals surface area contributed by atoms with Crippen LogP contribution in [-0.4, -0.2) is 0 Å². The van der Waals surface area contributed by atoms with Gasteiger partial charge in [0.15, 0.2) is 11.5 Å². The molecule has 0 radical (unpaired) electrons. The van der Waals surface area contributed by atoms with Crippen LogP contribution in [0, 0.1) is 0 Å². The molecule has 0 spiro atoms. The predicted octanol–water partition coefficient (Wildman–Crippen LogP) is 14.4. The van der Waals surface area contributed by atoms with Crippen molar-refractivity contribution in [3.8, 4) is 44.9 Å². The van der Waals surface area contributed by atoms with Crippen LogP contribution in [0.1, 0.15) is 25.0 Å². The second-order valence-corrected chi connectivity index (χ2v) is 14.6. The normalized spacial score (nSPS) is 13.3. The van der Waals surface area contributed by atoms with E-state index in [-0.39, 0.29) is 5.41 Å². The Bertz CT molecular complexity index is 2650. The fourth-order valence-electron chi connectivity index (χ4n) is 8.31. The maximum Gasteiger partial charge on any atom is 0.175 e. The zero-order chi connectivity index (χ0) is 36.2. The molecule has 0 N–H and O–H groups in total. The predicted molar refractivity (Wildman–Crippen MR) is 224 cm³/mol. The summed E-state index contributed by atoms with van der Waals surface area (Å²) < 4.78 is 7.13. The van der Waals surface area contributed by atoms with Gasteiger partial charge in [-0.05, 0) is 93.0 Å². The Labute approximate surface area is 317 Å². The highest BCUT2D eigenvalue weighted by Gasteiger charge is 2.42. The van der Waals surface area contributed by atoms with Crippen molar-refractivity contribution in [3.63, 3.8) is 0 Å². The van der Waals surface area contributed by atoms with Crippen molar-refractivity contribution in [2.75, 3.05) is 9.80 Å². The lowest BCUT2D eigenvalue weighted by Crippen LogP contribution is -2.32. The van der Waals surface area contributed by atoms with E-state index >= 15 is 0 Å². The van der Waals surface area contributed by atoms with Gasteiger partial charge >= 0.3 is 0 Å². The molecule has 0 saturated carbocycles. The van der Waals surface area contributed by atoms with Crippen LogP contribution < -0.4 is 14.5 Å². The Hall–Kier alpha value is -6.84. The van der Waals surface area contributed by atoms with Gasteiger partial charge in [-0.15, -0.1) is 0 Å². The summed E-state index contributed by atoms with van der Waals surface area (Å²) in [4.78, 5) is 4.78. The third-order valence-electron chi connectivity index (χ3n) is 11.0. The minimum Gasteiger partial charge on any atom is -0.451 e. The van der Waals surface area contributed by atoms with E-state index in [1.54, 1.807) is 0 Å². The summed E-state index contributed by atoms with van der Waals surface area (Å²) in [6.07, 6.45) is 0. The van der Waals surface area contributed by atoms with Gasteiger partial charge in [-0.25, -0.2) is 0 Å². The van der Waals surface area contributed by atoms with Crippen molar-refractivity contribution in [1.29, 1.82) is 0 Å². The zero-order valence-corrected chi connectivity index (χ0v) is 30.3. The molecule has 0 fully saturated rings. The number of fused-ring (bicyclic) bond motifs is 4. The topological polar surface area (TPSA) is 15.7 Å². The number of nitrogens with zero attached hydrogens (tertiary/aromatic N) is 2. The van der Waals surface area contributed by atoms with E-state index in [9.17, 15) is 0 Å². The van der Waals surface area contributed by atoms with Crippen molar-refractivity contribution in [2.45, 2.75) is 19.3 Å². The summed E-state index contributed by atoms with van der Waals surface area (Å²) in [5.41, 5.74) is 15.7. The lowest BCUT2D eigenvalue weighted by Gasteiger charge is -2.45. The van der Waals surface area contributed by atoms with E-state index in [0.29, 0.717) is 0 Å². The van der Waals surface area contributed by atoms with E-state index in [1.807, 2.05) is 0 Å². The van der Waals surface area contributed by atoms with Crippen LogP contribution in [0.2, 0.25) is 0 Å². The molecule has 2 aliphatic heterocycles. The minimum atomic E-state index is -0.227. The lowest BCUT2D eigenvalue weighted by molar-refractivity contribution is 0.472. The van der Waals surface area contributed by atoms with Crippen molar-refractivity contribution in [3.05, 3.63) is 205 Å². The van der Waals surface area contributed by atoms with Gasteiger partial charge in [0, 0.05) is 16.8 Å². The molecule has 258 valence electrons. The Morgan fingerprint density at radius 2 is 0.981 bits per heavy atom. The average Bonchev–Trinajstić information content (AvgIpc) is 3.23. The Morgan fingerprint density at radius 1 is 0.426 bits per heavy atom. The molecule has 2 heterocycles. The third kappa shape index (κ3) is 5.20. The highest BCUT2D eigenvalue weighted by molar-refractivity contribution is 5.98. The van der Waals surface area contributed by atoms with Crippen molar-refractivity contribution in [2.24, 2.45) is 0 Å². The van der Waals surface area contributed by atoms with Crippen LogP contribution in [0.25, 0.3) is 33.4 Å². The van der Waals surface area contributed by atoms with Gasteiger partial charge in [0.2, 0.25) is 0 Å². The Morgan fingerprint density at radius 3 is 1.67 bits per heavy atom. The van der Waals surface area contributed by atoms with Crippen LogP contribution in [0.5, 0.6) is 11.5 Å². The number of para-hydroxylation sites is 2. The van der Waals surface area contributed by atoms with Gasteiger partial charge in [-0.2, -0.15) is 0 Å². The molecule has 8 aromatic rings. The SMILES string of the molecule is CC1(C)c2ccc(-c3ccccc3)cc2N2c3cccc(N(c4ccc(-c5ccccc5)cc4)c4cccc(-c5ccccc5)c4)c3Oc3cccc1c32. The lowest BCUT2D eigenvalue weighted by atomic mass is 9.72. The van der Waals surface area contributed by atoms with Gasteiger partial charge in [0.25, 0.3) is 0 Å². The zero-order valence-electron chi connectivity index (χ0n) is 30.3. The molecule has 2 aliphatic rings. The average molecular weight is 695 g/mol. The minimum absolute atomic E-state index is 0.227. The highest BCUT2D eigenvalue weighted by atomic mass is 16.5. The molecule has 8 aromatic carbocycles. The second-order valence-electron chi connectivity index (χ2n) is 14.6. The first kappa shape index (κ1) is 31.9. The van der Waals surface area contributed by atoms with Crippen LogP contribution in [0.15, 0.2) is 194 Å². The molecule has 3 heteroatoms. The van der Waals surface area contributed by atoms with E-state index in [1.165, 1.54) is 44.6 Å². The number of hydrogen-bond acceptors (Lipinski definition) is 3. The molecule has 0 amide bonds. The van der Waals surface area contributed by atoms with Crippen molar-refractivity contribution in [1.82, 2.24) is 0 Å². The summed E-state index contributed by atoms with van der Waals surface area (Å²) in [5.74, 6) is 1.67. The first-order chi connectivity index (χ1) is 26.5. The molecule has 0 atom stereocenters. The van der Waals surface area contributed by atoms with Gasteiger partial charge in [0.1, 0.15) is 0 Å². The number of benzene rings is 8. The quantitative estimate of drug-likeness (QED) is 0.172. The van der Waals surface area contributed by atoms with E-state index < -0.39 is 0 Å². The van der Waals surface area contributed by atoms with Gasteiger partial charge in [-0.1, -0.05) is 159 Å². The molecule has 0 aromatic heterocycles. The fourth-order valence-corrected chi connectivity index (χ4v) is 8.31. The van der Waals surface area contributed by atoms with Crippen molar-refractivity contribution < 1.29 is 4.74 Å². The Balaban J connectivity index is 1.18. The monoisotopic (exact) mass is 694 g/mol. The number of hydrogen-bond donors (Lipinski definition) is 0. The summed E-state index contributed by atoms with van der Waals surface area (Å²) in [6, 6.07) is 69.5. The third-order valence-corrected chi connectivity index (χ3v) is 11.0. The first-order valence-corrected chi connectivity index (χ1v) is 18.6. The number of ether oxygens (including phenoxy) is 1. The Kier molecular flexibility index (Phi) is 7.48. The molecular weight excluding hydrogens is 657 g/mol. The molecule has 10 rings (SSSR count). The van der Waals surface area contributed by atoms with E-state index in [2.05, 4.69) is 218 Å². The van der Waals surface area contributed by atoms with Crippen LogP contribution >= 0.6 is 0 Å². The number of anilines is 6. The van der Waals surface area contributed by atoms with E-state index in [4.69, 9.17) is 4.74 Å². The van der Waals surface area contributed by atoms with Crippen LogP contribution in [0.3, 0.4) is 0 Å². The molecule has 0 unspecified atom stereocenters. The second kappa shape index (κ2) is 12.7. The summed E-state index contributed by atoms with van der Waals surface area (Å²) >= 11 is 0. The maximum absolute atomic E-state index is 7.13. The van der Waals surface area contributed by atoms with Crippen LogP contribution in [0.4, 0.5) is 34.1 Å². The number of rotatable bonds is 6. The summed E-state index contributed by atoms with van der Waals surface area (Å²) in [7, 11) is 0. The highest BCUT2D eigenvalue weighted by Crippen LogP contribution is 2.62. The molecule has 3 nitrogen and oxygen atoms in total. The fraction of sp³-hybridized carbons (Fsp3) is 0.0588. The molecular formula is C51H38N2O.